The Morgan fingerprint density at radius 2 is 1.38 bits per heavy atom. The molecule has 3 atom stereocenters. The highest BCUT2D eigenvalue weighted by Gasteiger charge is 2.42. The lowest BCUT2D eigenvalue weighted by atomic mass is 9.80. The third-order valence-corrected chi connectivity index (χ3v) is 12.3. The van der Waals surface area contributed by atoms with Crippen LogP contribution in [0.15, 0.2) is 140 Å². The van der Waals surface area contributed by atoms with Gasteiger partial charge in [-0.05, 0) is 69.6 Å². The van der Waals surface area contributed by atoms with Crippen LogP contribution in [0.4, 0.5) is 10.6 Å². The summed E-state index contributed by atoms with van der Waals surface area (Å²) in [5, 5.41) is 14.3. The predicted octanol–water partition coefficient (Wildman–Crippen LogP) is 8.10. The number of hydrogen-bond acceptors (Lipinski definition) is 11. The van der Waals surface area contributed by atoms with Crippen molar-refractivity contribution in [1.29, 1.82) is 0 Å². The van der Waals surface area contributed by atoms with Crippen LogP contribution in [-0.4, -0.2) is 94.8 Å². The third-order valence-electron chi connectivity index (χ3n) is 12.3. The lowest BCUT2D eigenvalue weighted by Crippen LogP contribution is -2.38. The Morgan fingerprint density at radius 1 is 0.785 bits per heavy atom. The highest BCUT2D eigenvalue weighted by atomic mass is 16.6. The molecule has 0 bridgehead atoms. The van der Waals surface area contributed by atoms with Crippen LogP contribution in [0.25, 0.3) is 22.3 Å². The minimum Gasteiger partial charge on any atom is -0.497 e. The number of nitrogens with one attached hydrogen (secondary N) is 1. The van der Waals surface area contributed by atoms with E-state index in [0.717, 1.165) is 38.9 Å². The first-order valence-electron chi connectivity index (χ1n) is 21.6. The Kier molecular flexibility index (Phi) is 12.6. The van der Waals surface area contributed by atoms with Crippen LogP contribution < -0.4 is 14.8 Å². The van der Waals surface area contributed by atoms with Crippen molar-refractivity contribution in [2.24, 2.45) is 0 Å². The third kappa shape index (κ3) is 8.63. The van der Waals surface area contributed by atoms with Crippen LogP contribution in [0.1, 0.15) is 59.2 Å². The quantitative estimate of drug-likeness (QED) is 0.0904. The zero-order valence-corrected chi connectivity index (χ0v) is 36.4. The van der Waals surface area contributed by atoms with E-state index in [-0.39, 0.29) is 43.7 Å². The molecule has 0 radical (unpaired) electrons. The van der Waals surface area contributed by atoms with E-state index >= 15 is 0 Å². The van der Waals surface area contributed by atoms with Gasteiger partial charge in [-0.1, -0.05) is 103 Å². The molecule has 9 rings (SSSR count). The zero-order chi connectivity index (χ0) is 44.9. The number of carbonyl (C=O) groups is 2. The van der Waals surface area contributed by atoms with Crippen molar-refractivity contribution in [1.82, 2.24) is 24.4 Å². The van der Waals surface area contributed by atoms with Crippen LogP contribution in [0.3, 0.4) is 0 Å². The maximum Gasteiger partial charge on any atom is 0.409 e. The summed E-state index contributed by atoms with van der Waals surface area (Å²) in [5.41, 5.74) is 6.91. The van der Waals surface area contributed by atoms with E-state index in [1.54, 1.807) is 32.2 Å². The number of amides is 2. The smallest absolute Gasteiger partial charge is 0.409 e. The second-order valence-corrected chi connectivity index (χ2v) is 16.2. The molecule has 0 unspecified atom stereocenters. The molecule has 2 aromatic heterocycles. The molecule has 14 heteroatoms. The van der Waals surface area contributed by atoms with Crippen molar-refractivity contribution >= 4 is 29.0 Å². The van der Waals surface area contributed by atoms with Crippen LogP contribution in [0, 0.1) is 0 Å². The number of ether oxygens (including phenoxy) is 5. The molecule has 1 aliphatic heterocycles. The number of nitrogens with zero attached hydrogens (tertiary/aromatic N) is 5. The first-order chi connectivity index (χ1) is 31.8. The lowest BCUT2D eigenvalue weighted by molar-refractivity contribution is -0.116. The van der Waals surface area contributed by atoms with Gasteiger partial charge in [0, 0.05) is 32.4 Å². The summed E-state index contributed by atoms with van der Waals surface area (Å²) in [5.74, 6) is 1.33. The van der Waals surface area contributed by atoms with Crippen molar-refractivity contribution in [3.8, 4) is 22.6 Å². The monoisotopic (exact) mass is 874 g/mol. The Morgan fingerprint density at radius 3 is 2.02 bits per heavy atom. The second kappa shape index (κ2) is 18.9. The molecule has 1 saturated heterocycles. The van der Waals surface area contributed by atoms with Gasteiger partial charge in [0.25, 0.3) is 0 Å². The Labute approximate surface area is 376 Å². The van der Waals surface area contributed by atoms with Gasteiger partial charge >= 0.3 is 6.09 Å². The number of fused-ring (bicyclic) bond motifs is 4. The van der Waals surface area contributed by atoms with E-state index in [9.17, 15) is 14.7 Å². The summed E-state index contributed by atoms with van der Waals surface area (Å²) in [6.45, 7) is 0.568. The van der Waals surface area contributed by atoms with Crippen LogP contribution in [0.2, 0.25) is 0 Å². The molecule has 0 spiro atoms. The van der Waals surface area contributed by atoms with Crippen LogP contribution in [0.5, 0.6) is 11.5 Å². The minimum absolute atomic E-state index is 0.0318. The highest BCUT2D eigenvalue weighted by Crippen LogP contribution is 2.45. The zero-order valence-electron chi connectivity index (χ0n) is 36.4. The van der Waals surface area contributed by atoms with Gasteiger partial charge in [-0.3, -0.25) is 9.36 Å². The normalized spacial score (nSPS) is 16.8. The van der Waals surface area contributed by atoms with Crippen LogP contribution in [-0.2, 0) is 24.6 Å². The van der Waals surface area contributed by atoms with Gasteiger partial charge in [-0.15, -0.1) is 0 Å². The van der Waals surface area contributed by atoms with Gasteiger partial charge in [-0.2, -0.15) is 0 Å². The van der Waals surface area contributed by atoms with Gasteiger partial charge in [0.05, 0.1) is 33.3 Å². The molecule has 1 fully saturated rings. The number of aromatic nitrogens is 4. The summed E-state index contributed by atoms with van der Waals surface area (Å²) in [7, 11) is 4.92. The minimum atomic E-state index is -1.10. The Hall–Kier alpha value is -7.13. The number of anilines is 1. The highest BCUT2D eigenvalue weighted by molar-refractivity contribution is 5.96. The number of carbonyl (C=O) groups excluding carboxylic acids is 2. The first-order valence-corrected chi connectivity index (χ1v) is 21.6. The van der Waals surface area contributed by atoms with Gasteiger partial charge in [-0.25, -0.2) is 19.7 Å². The van der Waals surface area contributed by atoms with E-state index in [1.165, 1.54) is 11.2 Å². The molecule has 0 saturated carbocycles. The molecule has 5 aromatic carbocycles. The molecule has 332 valence electrons. The van der Waals surface area contributed by atoms with E-state index in [0.29, 0.717) is 35.6 Å². The fourth-order valence-corrected chi connectivity index (χ4v) is 8.94. The van der Waals surface area contributed by atoms with E-state index in [4.69, 9.17) is 23.7 Å². The van der Waals surface area contributed by atoms with E-state index in [1.807, 2.05) is 103 Å². The van der Waals surface area contributed by atoms with E-state index < -0.39 is 30.1 Å². The summed E-state index contributed by atoms with van der Waals surface area (Å²) in [6, 6.07) is 41.8. The molecule has 2 N–H and O–H groups in total. The van der Waals surface area contributed by atoms with Crippen LogP contribution >= 0.6 is 0 Å². The molecule has 65 heavy (non-hydrogen) atoms. The number of hydrogen-bond donors (Lipinski definition) is 2. The van der Waals surface area contributed by atoms with Gasteiger partial charge in [0.2, 0.25) is 5.91 Å². The maximum absolute atomic E-state index is 13.2. The van der Waals surface area contributed by atoms with Crippen molar-refractivity contribution < 1.29 is 38.4 Å². The molecule has 7 aromatic rings. The average molecular weight is 875 g/mol. The van der Waals surface area contributed by atoms with Crippen molar-refractivity contribution in [3.05, 3.63) is 168 Å². The summed E-state index contributed by atoms with van der Waals surface area (Å²) >= 11 is 0. The summed E-state index contributed by atoms with van der Waals surface area (Å²) in [4.78, 5) is 41.0. The van der Waals surface area contributed by atoms with Gasteiger partial charge in [0.1, 0.15) is 42.4 Å². The summed E-state index contributed by atoms with van der Waals surface area (Å²) < 4.78 is 32.0. The second-order valence-electron chi connectivity index (χ2n) is 16.2. The largest absolute Gasteiger partial charge is 0.497 e. The number of methoxy groups -OCH3 is 2. The maximum atomic E-state index is 13.2. The fraction of sp³-hybridized carbons (Fsp3) is 0.275. The number of benzene rings is 5. The fourth-order valence-electron chi connectivity index (χ4n) is 8.94. The number of aliphatic hydroxyl groups excluding tert-OH is 1. The molecule has 1 aliphatic carbocycles. The molecule has 3 heterocycles. The molecule has 2 aliphatic rings. The molecule has 2 amide bonds. The summed E-state index contributed by atoms with van der Waals surface area (Å²) in [6.07, 6.45) is 1.00. The Balaban J connectivity index is 0.833. The number of rotatable bonds is 16. The topological polar surface area (TPSA) is 159 Å². The first kappa shape index (κ1) is 43.1. The van der Waals surface area contributed by atoms with Crippen molar-refractivity contribution in [2.45, 2.75) is 49.2 Å². The standard InChI is InChI=1S/C51H50N6O8/c1-56(50(60)63-29-42-40-16-9-7-14-38(40)39-15-8-10-17-41(39)42)27-11-18-45(59)55-48-47-49(53-31-52-48)57(32-54-47)46-28-43(58)44(65-46)30-64-51(33-12-5-4-6-13-33,34-19-23-36(61-2)24-20-34)35-21-25-37(62-3)26-22-35/h4-10,12-17,19-26,31-32,42-44,46,58H,11,18,27-30H2,1-3H3,(H,52,53,55,59)/t43-,44-,46-/m1/s1. The average Bonchev–Trinajstić information content (AvgIpc) is 4.05. The lowest BCUT2D eigenvalue weighted by Gasteiger charge is -2.37. The number of aliphatic hydroxyl groups is 1. The number of imidazole rings is 1. The van der Waals surface area contributed by atoms with E-state index in [2.05, 4.69) is 44.5 Å². The van der Waals surface area contributed by atoms with Gasteiger partial charge in [0.15, 0.2) is 17.0 Å². The molecule has 14 nitrogen and oxygen atoms in total. The van der Waals surface area contributed by atoms with Gasteiger partial charge < -0.3 is 39.0 Å². The van der Waals surface area contributed by atoms with Crippen molar-refractivity contribution in [2.75, 3.05) is 46.3 Å². The SMILES string of the molecule is COc1ccc(C(OC[C@H]2O[C@@H](n3cnc4c(NC(=O)CCCN(C)C(=O)OCC5c6ccccc6-c6ccccc65)ncnc43)C[C@H]2O)(c2ccccc2)c2ccc(OC)cc2)cc1. The predicted molar refractivity (Wildman–Crippen MR) is 244 cm³/mol. The molecular formula is C51H50N6O8. The van der Waals surface area contributed by atoms with Crippen molar-refractivity contribution in [3.63, 3.8) is 0 Å². The molecular weight excluding hydrogens is 825 g/mol. The Bertz CT molecular complexity index is 2670.